The van der Waals surface area contributed by atoms with E-state index in [0.29, 0.717) is 6.42 Å². The Morgan fingerprint density at radius 1 is 1.28 bits per heavy atom. The van der Waals surface area contributed by atoms with Crippen LogP contribution in [0.2, 0.25) is 0 Å². The van der Waals surface area contributed by atoms with Crippen LogP contribution in [0.4, 0.5) is 5.69 Å². The molecule has 3 nitrogen and oxygen atoms in total. The standard InChI is InChI=1S/C15H21NO2/c1-5-16(6-2)11-7-8-12-13(9-11)18-14(17)10-15(12,3)4/h7-9H,5-6,10H2,1-4H3. The van der Waals surface area contributed by atoms with Gasteiger partial charge in [0, 0.05) is 35.8 Å². The van der Waals surface area contributed by atoms with Crippen LogP contribution in [0.1, 0.15) is 39.7 Å². The molecule has 0 radical (unpaired) electrons. The lowest BCUT2D eigenvalue weighted by atomic mass is 9.79. The first kappa shape index (κ1) is 12.9. The maximum atomic E-state index is 11.6. The van der Waals surface area contributed by atoms with Crippen molar-refractivity contribution in [1.82, 2.24) is 0 Å². The molecular weight excluding hydrogens is 226 g/mol. The second-order valence-corrected chi connectivity index (χ2v) is 5.39. The van der Waals surface area contributed by atoms with Gasteiger partial charge in [0.25, 0.3) is 0 Å². The molecular formula is C15H21NO2. The fourth-order valence-electron chi connectivity index (χ4n) is 2.55. The number of rotatable bonds is 3. The molecule has 1 aromatic carbocycles. The second-order valence-electron chi connectivity index (χ2n) is 5.39. The third kappa shape index (κ3) is 2.22. The highest BCUT2D eigenvalue weighted by atomic mass is 16.5. The highest BCUT2D eigenvalue weighted by Gasteiger charge is 2.33. The summed E-state index contributed by atoms with van der Waals surface area (Å²) < 4.78 is 5.38. The number of ether oxygens (including phenoxy) is 1. The Morgan fingerprint density at radius 2 is 1.94 bits per heavy atom. The van der Waals surface area contributed by atoms with Gasteiger partial charge in [0.1, 0.15) is 5.75 Å². The molecule has 1 aliphatic heterocycles. The zero-order chi connectivity index (χ0) is 13.3. The van der Waals surface area contributed by atoms with E-state index in [1.54, 1.807) is 0 Å². The van der Waals surface area contributed by atoms with Crippen molar-refractivity contribution in [2.75, 3.05) is 18.0 Å². The number of hydrogen-bond acceptors (Lipinski definition) is 3. The summed E-state index contributed by atoms with van der Waals surface area (Å²) in [6.07, 6.45) is 0.449. The molecule has 0 N–H and O–H groups in total. The summed E-state index contributed by atoms with van der Waals surface area (Å²) in [5.74, 6) is 0.588. The van der Waals surface area contributed by atoms with Gasteiger partial charge in [-0.3, -0.25) is 4.79 Å². The minimum absolute atomic E-state index is 0.132. The van der Waals surface area contributed by atoms with Gasteiger partial charge < -0.3 is 9.64 Å². The topological polar surface area (TPSA) is 29.5 Å². The van der Waals surface area contributed by atoms with Crippen LogP contribution in [0.5, 0.6) is 5.75 Å². The maximum Gasteiger partial charge on any atom is 0.312 e. The third-order valence-electron chi connectivity index (χ3n) is 3.63. The number of hydrogen-bond donors (Lipinski definition) is 0. The molecule has 0 amide bonds. The van der Waals surface area contributed by atoms with E-state index in [2.05, 4.69) is 44.7 Å². The van der Waals surface area contributed by atoms with Gasteiger partial charge >= 0.3 is 5.97 Å². The summed E-state index contributed by atoms with van der Waals surface area (Å²) in [5.41, 5.74) is 2.11. The molecule has 18 heavy (non-hydrogen) atoms. The SMILES string of the molecule is CCN(CC)c1ccc2c(c1)OC(=O)CC2(C)C. The van der Waals surface area contributed by atoms with Gasteiger partial charge in [-0.15, -0.1) is 0 Å². The van der Waals surface area contributed by atoms with Crippen LogP contribution in [0, 0.1) is 0 Å². The molecule has 0 spiro atoms. The zero-order valence-electron chi connectivity index (χ0n) is 11.6. The number of nitrogens with zero attached hydrogens (tertiary/aromatic N) is 1. The molecule has 3 heteroatoms. The van der Waals surface area contributed by atoms with Crippen molar-refractivity contribution in [2.24, 2.45) is 0 Å². The third-order valence-corrected chi connectivity index (χ3v) is 3.63. The van der Waals surface area contributed by atoms with Crippen molar-refractivity contribution in [2.45, 2.75) is 39.5 Å². The number of carbonyl (C=O) groups excluding carboxylic acids is 1. The Hall–Kier alpha value is -1.51. The molecule has 2 rings (SSSR count). The quantitative estimate of drug-likeness (QED) is 0.607. The molecule has 1 heterocycles. The summed E-state index contributed by atoms with van der Waals surface area (Å²) in [6, 6.07) is 6.20. The zero-order valence-corrected chi connectivity index (χ0v) is 11.6. The van der Waals surface area contributed by atoms with Crippen LogP contribution >= 0.6 is 0 Å². The van der Waals surface area contributed by atoms with E-state index >= 15 is 0 Å². The number of anilines is 1. The lowest BCUT2D eigenvalue weighted by Gasteiger charge is -2.32. The summed E-state index contributed by atoms with van der Waals surface area (Å²) >= 11 is 0. The smallest absolute Gasteiger partial charge is 0.312 e. The number of carbonyl (C=O) groups is 1. The minimum atomic E-state index is -0.135. The molecule has 0 atom stereocenters. The van der Waals surface area contributed by atoms with E-state index in [4.69, 9.17) is 4.74 Å². The molecule has 0 aromatic heterocycles. The van der Waals surface area contributed by atoms with E-state index in [1.165, 1.54) is 0 Å². The van der Waals surface area contributed by atoms with Crippen LogP contribution < -0.4 is 9.64 Å². The van der Waals surface area contributed by atoms with Gasteiger partial charge in [-0.2, -0.15) is 0 Å². The second kappa shape index (κ2) is 4.63. The summed E-state index contributed by atoms with van der Waals surface area (Å²) in [4.78, 5) is 13.9. The van der Waals surface area contributed by atoms with Crippen LogP contribution in [0.3, 0.4) is 0 Å². The lowest BCUT2D eigenvalue weighted by molar-refractivity contribution is -0.136. The Kier molecular flexibility index (Phi) is 3.33. The summed E-state index contributed by atoms with van der Waals surface area (Å²) in [6.45, 7) is 10.3. The normalized spacial score (nSPS) is 17.0. The first-order valence-electron chi connectivity index (χ1n) is 6.58. The molecule has 98 valence electrons. The van der Waals surface area contributed by atoms with E-state index in [-0.39, 0.29) is 11.4 Å². The fraction of sp³-hybridized carbons (Fsp3) is 0.533. The highest BCUT2D eigenvalue weighted by Crippen LogP contribution is 2.40. The predicted molar refractivity (Wildman–Crippen MR) is 73.3 cm³/mol. The largest absolute Gasteiger partial charge is 0.426 e. The lowest BCUT2D eigenvalue weighted by Crippen LogP contribution is -2.31. The Bertz CT molecular complexity index is 462. The van der Waals surface area contributed by atoms with Crippen molar-refractivity contribution in [3.63, 3.8) is 0 Å². The highest BCUT2D eigenvalue weighted by molar-refractivity contribution is 5.78. The van der Waals surface area contributed by atoms with Gasteiger partial charge in [0.2, 0.25) is 0 Å². The van der Waals surface area contributed by atoms with E-state index in [0.717, 1.165) is 30.1 Å². The summed E-state index contributed by atoms with van der Waals surface area (Å²) in [7, 11) is 0. The first-order chi connectivity index (χ1) is 8.47. The number of esters is 1. The molecule has 0 bridgehead atoms. The number of fused-ring (bicyclic) bond motifs is 1. The Morgan fingerprint density at radius 3 is 2.56 bits per heavy atom. The van der Waals surface area contributed by atoms with Crippen molar-refractivity contribution < 1.29 is 9.53 Å². The van der Waals surface area contributed by atoms with Crippen molar-refractivity contribution in [3.8, 4) is 5.75 Å². The van der Waals surface area contributed by atoms with E-state index in [9.17, 15) is 4.79 Å². The van der Waals surface area contributed by atoms with Gasteiger partial charge in [-0.05, 0) is 19.9 Å². The molecule has 1 aromatic rings. The van der Waals surface area contributed by atoms with Crippen molar-refractivity contribution >= 4 is 11.7 Å². The van der Waals surface area contributed by atoms with Crippen LogP contribution in [0.15, 0.2) is 18.2 Å². The summed E-state index contributed by atoms with van der Waals surface area (Å²) in [5, 5.41) is 0. The molecule has 1 aliphatic rings. The average Bonchev–Trinajstić information content (AvgIpc) is 2.28. The van der Waals surface area contributed by atoms with Crippen LogP contribution in [0.25, 0.3) is 0 Å². The molecule has 0 fully saturated rings. The monoisotopic (exact) mass is 247 g/mol. The first-order valence-corrected chi connectivity index (χ1v) is 6.58. The number of benzene rings is 1. The van der Waals surface area contributed by atoms with Crippen molar-refractivity contribution in [1.29, 1.82) is 0 Å². The average molecular weight is 247 g/mol. The van der Waals surface area contributed by atoms with Gasteiger partial charge in [0.15, 0.2) is 0 Å². The maximum absolute atomic E-state index is 11.6. The van der Waals surface area contributed by atoms with Gasteiger partial charge in [-0.25, -0.2) is 0 Å². The minimum Gasteiger partial charge on any atom is -0.426 e. The van der Waals surface area contributed by atoms with Gasteiger partial charge in [0.05, 0.1) is 6.42 Å². The Balaban J connectivity index is 2.43. The molecule has 0 aliphatic carbocycles. The van der Waals surface area contributed by atoms with Crippen LogP contribution in [-0.2, 0) is 10.2 Å². The molecule has 0 saturated carbocycles. The van der Waals surface area contributed by atoms with E-state index < -0.39 is 0 Å². The van der Waals surface area contributed by atoms with Crippen molar-refractivity contribution in [3.05, 3.63) is 23.8 Å². The molecule has 0 saturated heterocycles. The molecule has 0 unspecified atom stereocenters. The Labute approximate surface area is 109 Å². The van der Waals surface area contributed by atoms with Gasteiger partial charge in [-0.1, -0.05) is 19.9 Å². The van der Waals surface area contributed by atoms with E-state index in [1.807, 2.05) is 6.07 Å². The fourth-order valence-corrected chi connectivity index (χ4v) is 2.55. The predicted octanol–water partition coefficient (Wildman–Crippen LogP) is 3.12. The van der Waals surface area contributed by atoms with Crippen LogP contribution in [-0.4, -0.2) is 19.1 Å².